The number of aromatic amines is 1. The molecule has 0 bridgehead atoms. The van der Waals surface area contributed by atoms with Crippen LogP contribution in [0.5, 0.6) is 0 Å². The summed E-state index contributed by atoms with van der Waals surface area (Å²) >= 11 is 0. The fourth-order valence-electron chi connectivity index (χ4n) is 3.96. The molecule has 0 radical (unpaired) electrons. The van der Waals surface area contributed by atoms with Crippen LogP contribution in [-0.2, 0) is 10.2 Å². The van der Waals surface area contributed by atoms with E-state index in [1.165, 1.54) is 4.57 Å². The molecule has 1 aromatic carbocycles. The van der Waals surface area contributed by atoms with Crippen LogP contribution in [0.25, 0.3) is 16.6 Å². The molecular formula is C20H18F2N4O2. The van der Waals surface area contributed by atoms with Crippen LogP contribution in [0.2, 0.25) is 0 Å². The highest BCUT2D eigenvalue weighted by atomic mass is 19.3. The molecule has 28 heavy (non-hydrogen) atoms. The van der Waals surface area contributed by atoms with Crippen molar-refractivity contribution in [1.82, 2.24) is 9.55 Å². The number of nitrogens with zero attached hydrogens (tertiary/aromatic N) is 1. The van der Waals surface area contributed by atoms with Crippen LogP contribution in [0.15, 0.2) is 47.5 Å². The van der Waals surface area contributed by atoms with Gasteiger partial charge < -0.3 is 9.72 Å². The van der Waals surface area contributed by atoms with E-state index in [1.54, 1.807) is 36.7 Å². The van der Waals surface area contributed by atoms with Crippen molar-refractivity contribution in [3.8, 4) is 5.69 Å². The number of H-pyrrole nitrogens is 1. The second kappa shape index (κ2) is 6.12. The van der Waals surface area contributed by atoms with E-state index in [0.29, 0.717) is 23.2 Å². The molecule has 3 N–H and O–H groups in total. The molecule has 2 aromatic heterocycles. The Labute approximate surface area is 158 Å². The Kier molecular flexibility index (Phi) is 3.95. The number of benzene rings is 1. The van der Waals surface area contributed by atoms with Gasteiger partial charge in [-0.1, -0.05) is 12.1 Å². The van der Waals surface area contributed by atoms with Crippen LogP contribution in [-0.4, -0.2) is 27.8 Å². The van der Waals surface area contributed by atoms with Crippen molar-refractivity contribution in [3.63, 3.8) is 0 Å². The topological polar surface area (TPSA) is 94.7 Å². The zero-order valence-corrected chi connectivity index (χ0v) is 15.1. The van der Waals surface area contributed by atoms with Crippen LogP contribution in [0.1, 0.15) is 24.0 Å². The first-order valence-electron chi connectivity index (χ1n) is 8.70. The summed E-state index contributed by atoms with van der Waals surface area (Å²) in [6.45, 7) is 1.89. The summed E-state index contributed by atoms with van der Waals surface area (Å²) in [4.78, 5) is 15.8. The number of aryl methyl sites for hydroxylation is 1. The third-order valence-electron chi connectivity index (χ3n) is 5.34. The Morgan fingerprint density at radius 2 is 2.07 bits per heavy atom. The highest BCUT2D eigenvalue weighted by Crippen LogP contribution is 2.54. The summed E-state index contributed by atoms with van der Waals surface area (Å²) in [5.41, 5.74) is 0.771. The quantitative estimate of drug-likeness (QED) is 0.470. The lowest BCUT2D eigenvalue weighted by Gasteiger charge is -2.46. The zero-order chi connectivity index (χ0) is 20.1. The predicted molar refractivity (Wildman–Crippen MR) is 102 cm³/mol. The van der Waals surface area contributed by atoms with Crippen molar-refractivity contribution in [2.75, 3.05) is 0 Å². The SMILES string of the molecule is Cc1cn(-c2cccc(C3(C(=N)OC=N)CC(F)(F)C3)c2)c(=O)c2[nH]ccc12. The molecule has 1 saturated carbocycles. The average Bonchev–Trinajstić information content (AvgIpc) is 3.13. The maximum absolute atomic E-state index is 13.7. The molecule has 0 saturated heterocycles. The first-order valence-corrected chi connectivity index (χ1v) is 8.70. The molecule has 144 valence electrons. The molecule has 2 heterocycles. The smallest absolute Gasteiger partial charge is 0.279 e. The van der Waals surface area contributed by atoms with Crippen LogP contribution in [0.4, 0.5) is 8.78 Å². The molecule has 1 aliphatic carbocycles. The Bertz CT molecular complexity index is 1150. The summed E-state index contributed by atoms with van der Waals surface area (Å²) < 4.78 is 33.8. The normalized spacial score (nSPS) is 17.1. The fourth-order valence-corrected chi connectivity index (χ4v) is 3.96. The maximum atomic E-state index is 13.7. The first-order chi connectivity index (χ1) is 13.3. The van der Waals surface area contributed by atoms with Crippen LogP contribution < -0.4 is 5.56 Å². The van der Waals surface area contributed by atoms with Gasteiger partial charge in [0.25, 0.3) is 11.5 Å². The summed E-state index contributed by atoms with van der Waals surface area (Å²) in [7, 11) is 0. The predicted octanol–water partition coefficient (Wildman–Crippen LogP) is 3.90. The number of hydrogen-bond donors (Lipinski definition) is 3. The minimum absolute atomic E-state index is 0.249. The van der Waals surface area contributed by atoms with Crippen molar-refractivity contribution in [2.24, 2.45) is 0 Å². The number of fused-ring (bicyclic) bond motifs is 1. The zero-order valence-electron chi connectivity index (χ0n) is 15.1. The highest BCUT2D eigenvalue weighted by Gasteiger charge is 2.61. The van der Waals surface area contributed by atoms with Crippen LogP contribution in [0, 0.1) is 17.7 Å². The number of halogens is 2. The molecule has 1 aliphatic rings. The lowest BCUT2D eigenvalue weighted by atomic mass is 9.61. The summed E-state index contributed by atoms with van der Waals surface area (Å²) in [5, 5.41) is 15.9. The average molecular weight is 384 g/mol. The van der Waals surface area contributed by atoms with Gasteiger partial charge in [-0.05, 0) is 36.2 Å². The number of nitrogens with one attached hydrogen (secondary N) is 3. The van der Waals surface area contributed by atoms with Gasteiger partial charge in [-0.2, -0.15) is 0 Å². The first kappa shape index (κ1) is 18.1. The van der Waals surface area contributed by atoms with Gasteiger partial charge >= 0.3 is 0 Å². The summed E-state index contributed by atoms with van der Waals surface area (Å²) in [6.07, 6.45) is 2.83. The molecule has 4 rings (SSSR count). The van der Waals surface area contributed by atoms with Gasteiger partial charge in [0.2, 0.25) is 0 Å². The van der Waals surface area contributed by atoms with Gasteiger partial charge in [0, 0.05) is 36.3 Å². The van der Waals surface area contributed by atoms with Gasteiger partial charge in [-0.15, -0.1) is 0 Å². The number of ether oxygens (including phenoxy) is 1. The molecular weight excluding hydrogens is 366 g/mol. The Morgan fingerprint density at radius 1 is 1.32 bits per heavy atom. The standard InChI is InChI=1S/C20H18F2N4O2/c1-12-8-26(17(27)16-15(12)5-6-25-16)14-4-2-3-13(7-14)19(18(24)28-11-23)9-20(21,22)10-19/h2-8,11,23-25H,9-10H2,1H3. The molecule has 1 fully saturated rings. The molecule has 0 aliphatic heterocycles. The Morgan fingerprint density at radius 3 is 2.75 bits per heavy atom. The molecule has 6 nitrogen and oxygen atoms in total. The van der Waals surface area contributed by atoms with Gasteiger partial charge in [0.15, 0.2) is 12.3 Å². The lowest BCUT2D eigenvalue weighted by molar-refractivity contribution is -0.109. The van der Waals surface area contributed by atoms with Crippen molar-refractivity contribution >= 4 is 23.2 Å². The van der Waals surface area contributed by atoms with E-state index in [2.05, 4.69) is 4.98 Å². The van der Waals surface area contributed by atoms with Crippen molar-refractivity contribution in [2.45, 2.75) is 31.1 Å². The number of pyridine rings is 1. The minimum Gasteiger partial charge on any atom is -0.432 e. The van der Waals surface area contributed by atoms with Crippen molar-refractivity contribution < 1.29 is 13.5 Å². The van der Waals surface area contributed by atoms with E-state index in [4.69, 9.17) is 15.6 Å². The lowest BCUT2D eigenvalue weighted by Crippen LogP contribution is -2.54. The number of alkyl halides is 2. The maximum Gasteiger partial charge on any atom is 0.279 e. The fraction of sp³-hybridized carbons (Fsp3) is 0.250. The second-order valence-corrected chi connectivity index (χ2v) is 7.16. The number of aromatic nitrogens is 2. The van der Waals surface area contributed by atoms with E-state index in [-0.39, 0.29) is 5.56 Å². The summed E-state index contributed by atoms with van der Waals surface area (Å²) in [6, 6.07) is 8.48. The van der Waals surface area contributed by atoms with Gasteiger partial charge in [0.05, 0.1) is 5.41 Å². The van der Waals surface area contributed by atoms with Gasteiger partial charge in [-0.3, -0.25) is 20.2 Å². The Balaban J connectivity index is 1.84. The third kappa shape index (κ3) is 2.64. The van der Waals surface area contributed by atoms with E-state index in [9.17, 15) is 13.6 Å². The molecule has 0 amide bonds. The summed E-state index contributed by atoms with van der Waals surface area (Å²) in [5.74, 6) is -3.29. The van der Waals surface area contributed by atoms with E-state index < -0.39 is 30.1 Å². The Hall–Kier alpha value is -3.29. The number of rotatable bonds is 4. The van der Waals surface area contributed by atoms with E-state index in [1.807, 2.05) is 13.0 Å². The van der Waals surface area contributed by atoms with Crippen molar-refractivity contribution in [3.05, 3.63) is 64.2 Å². The largest absolute Gasteiger partial charge is 0.432 e. The monoisotopic (exact) mass is 384 g/mol. The van der Waals surface area contributed by atoms with Gasteiger partial charge in [0.1, 0.15) is 5.52 Å². The molecule has 3 aromatic rings. The molecule has 8 heteroatoms. The van der Waals surface area contributed by atoms with Gasteiger partial charge in [-0.25, -0.2) is 8.78 Å². The molecule has 0 unspecified atom stereocenters. The molecule has 0 atom stereocenters. The molecule has 0 spiro atoms. The van der Waals surface area contributed by atoms with E-state index >= 15 is 0 Å². The van der Waals surface area contributed by atoms with Crippen LogP contribution >= 0.6 is 0 Å². The highest BCUT2D eigenvalue weighted by molar-refractivity contribution is 5.91. The van der Waals surface area contributed by atoms with E-state index in [0.717, 1.165) is 10.9 Å². The second-order valence-electron chi connectivity index (χ2n) is 7.16. The van der Waals surface area contributed by atoms with Crippen LogP contribution in [0.3, 0.4) is 0 Å². The minimum atomic E-state index is -2.90. The number of hydrogen-bond acceptors (Lipinski definition) is 4. The third-order valence-corrected chi connectivity index (χ3v) is 5.34. The van der Waals surface area contributed by atoms with Crippen molar-refractivity contribution in [1.29, 1.82) is 10.8 Å².